The number of hydrogen-bond donors (Lipinski definition) is 1. The highest BCUT2D eigenvalue weighted by atomic mass is 79.9. The van der Waals surface area contributed by atoms with Crippen LogP contribution in [0, 0.1) is 0 Å². The number of likely N-dealkylation sites (N-methyl/N-ethyl adjacent to an activating group) is 1. The molecule has 2 aromatic carbocycles. The van der Waals surface area contributed by atoms with E-state index in [2.05, 4.69) is 57.6 Å². The van der Waals surface area contributed by atoms with Gasteiger partial charge in [0.05, 0.1) is 0 Å². The molecule has 0 unspecified atom stereocenters. The minimum absolute atomic E-state index is 0.00160. The van der Waals surface area contributed by atoms with E-state index in [1.54, 1.807) is 4.90 Å². The number of carbonyl (C=O) groups excluding carboxylic acids is 1. The molecule has 0 atom stereocenters. The number of amides is 2. The lowest BCUT2D eigenvalue weighted by Gasteiger charge is -2.18. The molecule has 0 aliphatic heterocycles. The molecule has 0 heterocycles. The van der Waals surface area contributed by atoms with E-state index >= 15 is 0 Å². The zero-order chi connectivity index (χ0) is 15.2. The van der Waals surface area contributed by atoms with Crippen molar-refractivity contribution in [3.05, 3.63) is 46.4 Å². The van der Waals surface area contributed by atoms with Gasteiger partial charge in [0.1, 0.15) is 0 Å². The second kappa shape index (κ2) is 7.46. The van der Waals surface area contributed by atoms with E-state index < -0.39 is 0 Å². The van der Waals surface area contributed by atoms with Crippen LogP contribution < -0.4 is 5.32 Å². The molecule has 0 fully saturated rings. The van der Waals surface area contributed by atoms with Gasteiger partial charge in [-0.1, -0.05) is 47.1 Å². The van der Waals surface area contributed by atoms with Crippen LogP contribution in [0.3, 0.4) is 0 Å². The third kappa shape index (κ3) is 4.21. The van der Waals surface area contributed by atoms with E-state index in [4.69, 9.17) is 0 Å². The molecule has 2 aromatic rings. The highest BCUT2D eigenvalue weighted by Crippen LogP contribution is 2.23. The van der Waals surface area contributed by atoms with Gasteiger partial charge in [-0.2, -0.15) is 0 Å². The molecule has 0 aliphatic carbocycles. The Hall–Kier alpha value is -1.55. The largest absolute Gasteiger partial charge is 0.338 e. The van der Waals surface area contributed by atoms with E-state index in [1.807, 2.05) is 14.0 Å². The quantitative estimate of drug-likeness (QED) is 0.862. The van der Waals surface area contributed by atoms with Crippen LogP contribution in [0.4, 0.5) is 4.79 Å². The van der Waals surface area contributed by atoms with Crippen molar-refractivity contribution in [1.82, 2.24) is 10.2 Å². The fourth-order valence-electron chi connectivity index (χ4n) is 2.28. The van der Waals surface area contributed by atoms with Crippen molar-refractivity contribution in [1.29, 1.82) is 0 Å². The highest BCUT2D eigenvalue weighted by Gasteiger charge is 2.08. The molecule has 0 aliphatic rings. The number of fused-ring (bicyclic) bond motifs is 1. The third-order valence-corrected chi connectivity index (χ3v) is 4.02. The lowest BCUT2D eigenvalue weighted by atomic mass is 10.0. The Bertz CT molecular complexity index is 627. The second-order valence-electron chi connectivity index (χ2n) is 5.19. The molecule has 1 N–H and O–H groups in total. The minimum Gasteiger partial charge on any atom is -0.338 e. The van der Waals surface area contributed by atoms with Crippen LogP contribution in [0.5, 0.6) is 0 Å². The topological polar surface area (TPSA) is 32.3 Å². The first-order chi connectivity index (χ1) is 10.1. The average Bonchev–Trinajstić information content (AvgIpc) is 2.50. The van der Waals surface area contributed by atoms with Gasteiger partial charge >= 0.3 is 6.03 Å². The summed E-state index contributed by atoms with van der Waals surface area (Å²) in [7, 11) is 1.84. The predicted molar refractivity (Wildman–Crippen MR) is 91.7 cm³/mol. The lowest BCUT2D eigenvalue weighted by molar-refractivity contribution is 0.209. The Morgan fingerprint density at radius 1 is 1.29 bits per heavy atom. The number of nitrogens with one attached hydrogen (secondary N) is 1. The number of carbonyl (C=O) groups is 1. The van der Waals surface area contributed by atoms with Gasteiger partial charge in [-0.25, -0.2) is 4.79 Å². The third-order valence-electron chi connectivity index (χ3n) is 3.52. The van der Waals surface area contributed by atoms with Crippen molar-refractivity contribution in [3.63, 3.8) is 0 Å². The van der Waals surface area contributed by atoms with Gasteiger partial charge in [-0.05, 0) is 41.3 Å². The van der Waals surface area contributed by atoms with Crippen LogP contribution in [-0.2, 0) is 6.42 Å². The second-order valence-corrected chi connectivity index (χ2v) is 6.10. The van der Waals surface area contributed by atoms with Gasteiger partial charge in [0, 0.05) is 24.6 Å². The minimum atomic E-state index is -0.00160. The summed E-state index contributed by atoms with van der Waals surface area (Å²) in [6.45, 7) is 3.49. The number of urea groups is 1. The smallest absolute Gasteiger partial charge is 0.317 e. The zero-order valence-corrected chi connectivity index (χ0v) is 14.1. The molecule has 0 saturated heterocycles. The molecule has 2 rings (SSSR count). The number of nitrogens with zero attached hydrogens (tertiary/aromatic N) is 1. The number of hydrogen-bond acceptors (Lipinski definition) is 1. The standard InChI is InChI=1S/C17H21BrN2O/c1-3-10-19-17(21)20(2)11-9-14-6-4-5-13-7-8-15(18)12-16(13)14/h4-8,12H,3,9-11H2,1-2H3,(H,19,21). The summed E-state index contributed by atoms with van der Waals surface area (Å²) >= 11 is 3.52. The Morgan fingerprint density at radius 3 is 2.86 bits per heavy atom. The van der Waals surface area contributed by atoms with Gasteiger partial charge < -0.3 is 10.2 Å². The summed E-state index contributed by atoms with van der Waals surface area (Å²) in [5, 5.41) is 5.37. The van der Waals surface area contributed by atoms with E-state index in [0.717, 1.165) is 23.9 Å². The van der Waals surface area contributed by atoms with Crippen LogP contribution in [0.2, 0.25) is 0 Å². The molecule has 21 heavy (non-hydrogen) atoms. The maximum absolute atomic E-state index is 11.8. The monoisotopic (exact) mass is 348 g/mol. The van der Waals surface area contributed by atoms with E-state index in [0.29, 0.717) is 6.54 Å². The van der Waals surface area contributed by atoms with Crippen LogP contribution >= 0.6 is 15.9 Å². The normalized spacial score (nSPS) is 10.6. The first kappa shape index (κ1) is 15.8. The van der Waals surface area contributed by atoms with Crippen LogP contribution in [0.1, 0.15) is 18.9 Å². The Kier molecular flexibility index (Phi) is 5.62. The van der Waals surface area contributed by atoms with Gasteiger partial charge in [0.25, 0.3) is 0 Å². The SMILES string of the molecule is CCCNC(=O)N(C)CCc1cccc2ccc(Br)cc12. The predicted octanol–water partition coefficient (Wildman–Crippen LogP) is 4.20. The summed E-state index contributed by atoms with van der Waals surface area (Å²) in [5.41, 5.74) is 1.27. The van der Waals surface area contributed by atoms with Crippen molar-refractivity contribution in [3.8, 4) is 0 Å². The Labute approximate surface area is 134 Å². The molecule has 0 aromatic heterocycles. The summed E-state index contributed by atoms with van der Waals surface area (Å²) < 4.78 is 1.08. The van der Waals surface area contributed by atoms with Crippen LogP contribution in [0.25, 0.3) is 10.8 Å². The molecular formula is C17H21BrN2O. The summed E-state index contributed by atoms with van der Waals surface area (Å²) in [4.78, 5) is 13.6. The molecule has 3 nitrogen and oxygen atoms in total. The average molecular weight is 349 g/mol. The molecule has 2 amide bonds. The summed E-state index contributed by atoms with van der Waals surface area (Å²) in [5.74, 6) is 0. The summed E-state index contributed by atoms with van der Waals surface area (Å²) in [6.07, 6.45) is 1.81. The number of rotatable bonds is 5. The van der Waals surface area contributed by atoms with E-state index in [-0.39, 0.29) is 6.03 Å². The fourth-order valence-corrected chi connectivity index (χ4v) is 2.65. The van der Waals surface area contributed by atoms with Gasteiger partial charge in [0.15, 0.2) is 0 Å². The molecule has 0 spiro atoms. The van der Waals surface area contributed by atoms with Crippen molar-refractivity contribution in [2.45, 2.75) is 19.8 Å². The van der Waals surface area contributed by atoms with Gasteiger partial charge in [0.2, 0.25) is 0 Å². The Morgan fingerprint density at radius 2 is 2.10 bits per heavy atom. The lowest BCUT2D eigenvalue weighted by Crippen LogP contribution is -2.38. The zero-order valence-electron chi connectivity index (χ0n) is 12.5. The van der Waals surface area contributed by atoms with E-state index in [1.165, 1.54) is 16.3 Å². The number of halogens is 1. The van der Waals surface area contributed by atoms with Crippen molar-refractivity contribution < 1.29 is 4.79 Å². The molecule has 0 bridgehead atoms. The first-order valence-electron chi connectivity index (χ1n) is 7.28. The molecule has 112 valence electrons. The first-order valence-corrected chi connectivity index (χ1v) is 8.07. The fraction of sp³-hybridized carbons (Fsp3) is 0.353. The van der Waals surface area contributed by atoms with Crippen molar-refractivity contribution >= 4 is 32.7 Å². The van der Waals surface area contributed by atoms with Crippen molar-refractivity contribution in [2.75, 3.05) is 20.1 Å². The number of benzene rings is 2. The maximum Gasteiger partial charge on any atom is 0.317 e. The van der Waals surface area contributed by atoms with Gasteiger partial charge in [-0.15, -0.1) is 0 Å². The van der Waals surface area contributed by atoms with Crippen molar-refractivity contribution in [2.24, 2.45) is 0 Å². The highest BCUT2D eigenvalue weighted by molar-refractivity contribution is 9.10. The van der Waals surface area contributed by atoms with Gasteiger partial charge in [-0.3, -0.25) is 0 Å². The van der Waals surface area contributed by atoms with E-state index in [9.17, 15) is 4.79 Å². The summed E-state index contributed by atoms with van der Waals surface area (Å²) in [6, 6.07) is 12.6. The molecule has 0 radical (unpaired) electrons. The Balaban J connectivity index is 2.06. The maximum atomic E-state index is 11.8. The molecule has 0 saturated carbocycles. The van der Waals surface area contributed by atoms with Crippen LogP contribution in [0.15, 0.2) is 40.9 Å². The molecular weight excluding hydrogens is 328 g/mol. The molecule has 4 heteroatoms. The van der Waals surface area contributed by atoms with Crippen LogP contribution in [-0.4, -0.2) is 31.1 Å².